The summed E-state index contributed by atoms with van der Waals surface area (Å²) in [7, 11) is -3.55. The molecule has 0 atom stereocenters. The number of carbonyl (C=O) groups is 1. The Morgan fingerprint density at radius 3 is 1.71 bits per heavy atom. The highest BCUT2D eigenvalue weighted by Crippen LogP contribution is 2.20. The number of aromatic nitrogens is 1. The minimum atomic E-state index is -3.55. The zero-order valence-electron chi connectivity index (χ0n) is 20.9. The number of hydrogen-bond acceptors (Lipinski definition) is 3. The fraction of sp³-hybridized carbons (Fsp3) is 0.571. The fourth-order valence-corrected chi connectivity index (χ4v) is 5.36. The number of benzene rings is 1. The van der Waals surface area contributed by atoms with Crippen molar-refractivity contribution in [2.45, 2.75) is 108 Å². The number of unbranched alkanes of at least 4 members (excludes halogenated alkanes) is 13. The quantitative estimate of drug-likeness (QED) is 0.228. The Bertz CT molecular complexity index is 930. The number of hydrogen-bond donors (Lipinski definition) is 1. The second-order valence-electron chi connectivity index (χ2n) is 9.14. The average Bonchev–Trinajstić information content (AvgIpc) is 3.09. The van der Waals surface area contributed by atoms with E-state index < -0.39 is 15.9 Å². The lowest BCUT2D eigenvalue weighted by Crippen LogP contribution is -2.32. The van der Waals surface area contributed by atoms with Crippen molar-refractivity contribution < 1.29 is 17.8 Å². The molecule has 34 heavy (non-hydrogen) atoms. The zero-order chi connectivity index (χ0) is 24.5. The van der Waals surface area contributed by atoms with E-state index in [0.29, 0.717) is 0 Å². The van der Waals surface area contributed by atoms with Crippen LogP contribution in [0.15, 0.2) is 59.8 Å². The molecule has 1 aliphatic heterocycles. The van der Waals surface area contributed by atoms with Crippen LogP contribution in [0.25, 0.3) is 0 Å². The number of carbonyl (C=O) groups excluding carboxylic acids is 1. The first-order chi connectivity index (χ1) is 16.5. The minimum Gasteiger partial charge on any atom is -0.268 e. The van der Waals surface area contributed by atoms with Gasteiger partial charge in [0.25, 0.3) is 15.9 Å². The van der Waals surface area contributed by atoms with E-state index in [0.717, 1.165) is 0 Å². The highest BCUT2D eigenvalue weighted by Gasteiger charge is 2.31. The first-order valence-corrected chi connectivity index (χ1v) is 14.6. The molecular weight excluding hydrogens is 444 g/mol. The molecule has 1 aliphatic rings. The Labute approximate surface area is 207 Å². The Morgan fingerprint density at radius 2 is 1.18 bits per heavy atom. The van der Waals surface area contributed by atoms with Gasteiger partial charge in [0.1, 0.15) is 11.4 Å². The van der Waals surface area contributed by atoms with E-state index in [4.69, 9.17) is 0 Å². The van der Waals surface area contributed by atoms with Crippen molar-refractivity contribution in [1.29, 1.82) is 0 Å². The minimum absolute atomic E-state index is 0.0648. The van der Waals surface area contributed by atoms with E-state index in [1.807, 2.05) is 4.72 Å². The van der Waals surface area contributed by atoms with E-state index in [1.165, 1.54) is 109 Å². The molecule has 0 fully saturated rings. The maximum atomic E-state index is 11.1. The Balaban J connectivity index is 0.000000283. The summed E-state index contributed by atoms with van der Waals surface area (Å²) >= 11 is 0. The predicted octanol–water partition coefficient (Wildman–Crippen LogP) is 6.57. The van der Waals surface area contributed by atoms with Gasteiger partial charge in [0.05, 0.1) is 5.56 Å². The van der Waals surface area contributed by atoms with Crippen LogP contribution < -0.4 is 9.29 Å². The van der Waals surface area contributed by atoms with E-state index in [2.05, 4.69) is 42.1 Å². The summed E-state index contributed by atoms with van der Waals surface area (Å²) < 4.78 is 26.4. The maximum Gasteiger partial charge on any atom is 0.266 e. The van der Waals surface area contributed by atoms with Crippen LogP contribution in [0.5, 0.6) is 0 Å². The molecule has 0 radical (unpaired) electrons. The molecule has 0 spiro atoms. The molecule has 188 valence electrons. The van der Waals surface area contributed by atoms with Crippen LogP contribution >= 0.6 is 0 Å². The average molecular weight is 488 g/mol. The molecule has 1 aromatic heterocycles. The summed E-state index contributed by atoms with van der Waals surface area (Å²) in [6.45, 7) is 3.47. The zero-order valence-corrected chi connectivity index (χ0v) is 21.7. The predicted molar refractivity (Wildman–Crippen MR) is 138 cm³/mol. The largest absolute Gasteiger partial charge is 0.268 e. The van der Waals surface area contributed by atoms with Crippen molar-refractivity contribution in [2.75, 3.05) is 0 Å². The summed E-state index contributed by atoms with van der Waals surface area (Å²) in [5.74, 6) is -0.550. The molecule has 1 amide bonds. The third-order valence-corrected chi connectivity index (χ3v) is 7.58. The van der Waals surface area contributed by atoms with Gasteiger partial charge in [0.2, 0.25) is 0 Å². The van der Waals surface area contributed by atoms with Crippen molar-refractivity contribution in [3.63, 3.8) is 0 Å². The fourth-order valence-electron chi connectivity index (χ4n) is 4.19. The summed E-state index contributed by atoms with van der Waals surface area (Å²) in [5.41, 5.74) is 0.220. The molecule has 1 aromatic carbocycles. The van der Waals surface area contributed by atoms with E-state index >= 15 is 0 Å². The van der Waals surface area contributed by atoms with Crippen molar-refractivity contribution >= 4 is 15.9 Å². The van der Waals surface area contributed by atoms with Crippen molar-refractivity contribution in [3.05, 3.63) is 60.4 Å². The van der Waals surface area contributed by atoms with Crippen LogP contribution in [0, 0.1) is 0 Å². The van der Waals surface area contributed by atoms with Gasteiger partial charge in [-0.05, 0) is 18.6 Å². The monoisotopic (exact) mass is 487 g/mol. The molecule has 3 rings (SSSR count). The number of pyridine rings is 1. The molecule has 2 heterocycles. The van der Waals surface area contributed by atoms with Gasteiger partial charge in [-0.3, -0.25) is 4.79 Å². The van der Waals surface area contributed by atoms with Crippen LogP contribution in [0.2, 0.25) is 0 Å². The van der Waals surface area contributed by atoms with E-state index in [9.17, 15) is 13.2 Å². The number of rotatable bonds is 15. The Hall–Kier alpha value is -2.21. The lowest BCUT2D eigenvalue weighted by Gasteiger charge is -2.02. The van der Waals surface area contributed by atoms with Crippen LogP contribution in [0.3, 0.4) is 0 Å². The molecule has 0 aliphatic carbocycles. The summed E-state index contributed by atoms with van der Waals surface area (Å²) in [6, 6.07) is 12.4. The van der Waals surface area contributed by atoms with Crippen LogP contribution in [-0.4, -0.2) is 14.3 Å². The molecule has 0 unspecified atom stereocenters. The lowest BCUT2D eigenvalue weighted by molar-refractivity contribution is -0.697. The second-order valence-corrected chi connectivity index (χ2v) is 10.8. The van der Waals surface area contributed by atoms with Gasteiger partial charge in [-0.15, -0.1) is 0 Å². The van der Waals surface area contributed by atoms with E-state index in [-0.39, 0.29) is 10.5 Å². The molecular formula is C28H43N2O3S+. The van der Waals surface area contributed by atoms with Crippen molar-refractivity contribution in [1.82, 2.24) is 4.72 Å². The summed E-state index contributed by atoms with van der Waals surface area (Å²) in [6.07, 6.45) is 24.4. The van der Waals surface area contributed by atoms with Crippen LogP contribution in [0.1, 0.15) is 107 Å². The number of nitrogens with zero attached hydrogens (tertiary/aromatic N) is 1. The number of sulfonamides is 1. The van der Waals surface area contributed by atoms with Gasteiger partial charge in [0.15, 0.2) is 12.4 Å². The molecule has 0 bridgehead atoms. The molecule has 5 nitrogen and oxygen atoms in total. The number of fused-ring (bicyclic) bond motifs is 1. The first kappa shape index (κ1) is 28.0. The molecule has 6 heteroatoms. The van der Waals surface area contributed by atoms with Gasteiger partial charge < -0.3 is 0 Å². The van der Waals surface area contributed by atoms with E-state index in [1.54, 1.807) is 12.1 Å². The Morgan fingerprint density at radius 1 is 0.676 bits per heavy atom. The third kappa shape index (κ3) is 10.8. The molecule has 0 saturated heterocycles. The van der Waals surface area contributed by atoms with Gasteiger partial charge in [-0.25, -0.2) is 17.7 Å². The van der Waals surface area contributed by atoms with Crippen LogP contribution in [0.4, 0.5) is 0 Å². The summed E-state index contributed by atoms with van der Waals surface area (Å²) in [5, 5.41) is 0. The highest BCUT2D eigenvalue weighted by molar-refractivity contribution is 7.90. The van der Waals surface area contributed by atoms with Crippen molar-refractivity contribution in [3.8, 4) is 0 Å². The van der Waals surface area contributed by atoms with Crippen molar-refractivity contribution in [2.24, 2.45) is 0 Å². The lowest BCUT2D eigenvalue weighted by atomic mass is 10.0. The normalized spacial score (nSPS) is 13.6. The van der Waals surface area contributed by atoms with Gasteiger partial charge in [-0.2, -0.15) is 0 Å². The standard InChI is InChI=1S/C21H38N.C7H5NO3S/c1-2-3-4-5-6-7-8-9-10-11-12-13-14-16-19-22-20-17-15-18-21-22;9-7-5-3-1-2-4-6(5)12(10,11)8-7/h15,17-18,20-21H,2-14,16,19H2,1H3;1-4H,(H,8,9)/q+1;. The van der Waals surface area contributed by atoms with Gasteiger partial charge in [-0.1, -0.05) is 102 Å². The molecule has 0 saturated carbocycles. The van der Waals surface area contributed by atoms with Gasteiger partial charge in [0, 0.05) is 18.6 Å². The van der Waals surface area contributed by atoms with Crippen LogP contribution in [-0.2, 0) is 16.6 Å². The Kier molecular flexibility index (Phi) is 13.5. The number of aryl methyl sites for hydroxylation is 1. The number of nitrogens with one attached hydrogen (secondary N) is 1. The number of amides is 1. The second kappa shape index (κ2) is 16.4. The molecule has 1 N–H and O–H groups in total. The summed E-state index contributed by atoms with van der Waals surface area (Å²) in [4.78, 5) is 11.1. The smallest absolute Gasteiger partial charge is 0.266 e. The first-order valence-electron chi connectivity index (χ1n) is 13.1. The highest BCUT2D eigenvalue weighted by atomic mass is 32.2. The maximum absolute atomic E-state index is 11.1. The molecule has 2 aromatic rings. The topological polar surface area (TPSA) is 67.1 Å². The third-order valence-electron chi connectivity index (χ3n) is 6.20. The SMILES string of the molecule is CCCCCCCCCCCCCCCC[n+]1ccccc1.O=C1NS(=O)(=O)c2ccccc21. The van der Waals surface area contributed by atoms with Gasteiger partial charge >= 0.3 is 0 Å².